The number of nitrogens with one attached hydrogen (secondary N) is 1. The largest absolute Gasteiger partial charge is 0.394 e. The molecule has 1 atom stereocenters. The molecule has 0 saturated carbocycles. The topological polar surface area (TPSA) is 61.3 Å². The van der Waals surface area contributed by atoms with Gasteiger partial charge in [0.25, 0.3) is 0 Å². The quantitative estimate of drug-likeness (QED) is 0.648. The SMILES string of the molecule is OC[C@H]1CNCCN1c1ccncn1. The van der Waals surface area contributed by atoms with Gasteiger partial charge in [-0.05, 0) is 6.07 Å². The van der Waals surface area contributed by atoms with Crippen LogP contribution in [0.15, 0.2) is 18.6 Å². The van der Waals surface area contributed by atoms with Crippen LogP contribution < -0.4 is 10.2 Å². The average Bonchev–Trinajstić information content (AvgIpc) is 2.30. The first-order valence-corrected chi connectivity index (χ1v) is 4.76. The van der Waals surface area contributed by atoms with Crippen molar-refractivity contribution in [1.82, 2.24) is 15.3 Å². The Labute approximate surface area is 82.8 Å². The van der Waals surface area contributed by atoms with E-state index in [9.17, 15) is 5.11 Å². The van der Waals surface area contributed by atoms with Crippen LogP contribution in [0.1, 0.15) is 0 Å². The normalized spacial score (nSPS) is 22.4. The molecule has 1 aromatic heterocycles. The average molecular weight is 194 g/mol. The minimum absolute atomic E-state index is 0.124. The number of rotatable bonds is 2. The number of hydrogen-bond donors (Lipinski definition) is 2. The van der Waals surface area contributed by atoms with Crippen LogP contribution in [0.3, 0.4) is 0 Å². The molecule has 0 radical (unpaired) electrons. The number of hydrogen-bond acceptors (Lipinski definition) is 5. The summed E-state index contributed by atoms with van der Waals surface area (Å²) >= 11 is 0. The van der Waals surface area contributed by atoms with Crippen molar-refractivity contribution < 1.29 is 5.11 Å². The minimum Gasteiger partial charge on any atom is -0.394 e. The van der Waals surface area contributed by atoms with Crippen molar-refractivity contribution in [2.75, 3.05) is 31.1 Å². The second kappa shape index (κ2) is 4.34. The van der Waals surface area contributed by atoms with Gasteiger partial charge in [0.2, 0.25) is 0 Å². The van der Waals surface area contributed by atoms with Gasteiger partial charge in [-0.3, -0.25) is 0 Å². The van der Waals surface area contributed by atoms with E-state index >= 15 is 0 Å². The summed E-state index contributed by atoms with van der Waals surface area (Å²) in [6.45, 7) is 2.76. The van der Waals surface area contributed by atoms with Crippen molar-refractivity contribution in [3.63, 3.8) is 0 Å². The predicted octanol–water partition coefficient (Wildman–Crippen LogP) is -0.753. The maximum atomic E-state index is 9.20. The van der Waals surface area contributed by atoms with E-state index in [4.69, 9.17) is 0 Å². The van der Waals surface area contributed by atoms with E-state index in [0.717, 1.165) is 25.5 Å². The van der Waals surface area contributed by atoms with Gasteiger partial charge in [-0.2, -0.15) is 0 Å². The van der Waals surface area contributed by atoms with Gasteiger partial charge in [-0.15, -0.1) is 0 Å². The zero-order chi connectivity index (χ0) is 9.80. The molecular formula is C9H14N4O. The number of aliphatic hydroxyl groups is 1. The molecule has 2 N–H and O–H groups in total. The Bertz CT molecular complexity index is 279. The first-order valence-electron chi connectivity index (χ1n) is 4.76. The second-order valence-electron chi connectivity index (χ2n) is 3.30. The highest BCUT2D eigenvalue weighted by atomic mass is 16.3. The highest BCUT2D eigenvalue weighted by molar-refractivity contribution is 5.38. The van der Waals surface area contributed by atoms with E-state index in [1.54, 1.807) is 6.20 Å². The number of aliphatic hydroxyl groups excluding tert-OH is 1. The highest BCUT2D eigenvalue weighted by Crippen LogP contribution is 2.13. The molecule has 0 unspecified atom stereocenters. The molecule has 1 aliphatic heterocycles. The molecule has 5 nitrogen and oxygen atoms in total. The van der Waals surface area contributed by atoms with Crippen LogP contribution in [0.2, 0.25) is 0 Å². The summed E-state index contributed by atoms with van der Waals surface area (Å²) in [5, 5.41) is 12.4. The Morgan fingerprint density at radius 1 is 1.64 bits per heavy atom. The fourth-order valence-electron chi connectivity index (χ4n) is 1.68. The molecule has 1 aliphatic rings. The van der Waals surface area contributed by atoms with Gasteiger partial charge >= 0.3 is 0 Å². The first-order chi connectivity index (χ1) is 6.92. The fraction of sp³-hybridized carbons (Fsp3) is 0.556. The Hall–Kier alpha value is -1.20. The summed E-state index contributed by atoms with van der Waals surface area (Å²) in [5.41, 5.74) is 0. The van der Waals surface area contributed by atoms with E-state index < -0.39 is 0 Å². The van der Waals surface area contributed by atoms with Crippen LogP contribution in [-0.2, 0) is 0 Å². The lowest BCUT2D eigenvalue weighted by atomic mass is 10.2. The monoisotopic (exact) mass is 194 g/mol. The van der Waals surface area contributed by atoms with Crippen molar-refractivity contribution in [3.05, 3.63) is 18.6 Å². The zero-order valence-electron chi connectivity index (χ0n) is 7.93. The fourth-order valence-corrected chi connectivity index (χ4v) is 1.68. The second-order valence-corrected chi connectivity index (χ2v) is 3.30. The van der Waals surface area contributed by atoms with E-state index in [-0.39, 0.29) is 12.6 Å². The van der Waals surface area contributed by atoms with E-state index in [2.05, 4.69) is 20.2 Å². The molecule has 0 spiro atoms. The molecule has 0 aromatic carbocycles. The lowest BCUT2D eigenvalue weighted by Gasteiger charge is -2.35. The van der Waals surface area contributed by atoms with Crippen LogP contribution in [0.5, 0.6) is 0 Å². The summed E-state index contributed by atoms with van der Waals surface area (Å²) in [6.07, 6.45) is 3.25. The summed E-state index contributed by atoms with van der Waals surface area (Å²) in [7, 11) is 0. The molecule has 0 bridgehead atoms. The highest BCUT2D eigenvalue weighted by Gasteiger charge is 2.21. The lowest BCUT2D eigenvalue weighted by Crippen LogP contribution is -2.53. The van der Waals surface area contributed by atoms with E-state index in [1.807, 2.05) is 6.07 Å². The molecule has 2 heterocycles. The third kappa shape index (κ3) is 1.83. The first kappa shape index (κ1) is 9.36. The minimum atomic E-state index is 0.124. The third-order valence-electron chi connectivity index (χ3n) is 2.42. The Balaban J connectivity index is 2.15. The third-order valence-corrected chi connectivity index (χ3v) is 2.42. The van der Waals surface area contributed by atoms with Crippen molar-refractivity contribution >= 4 is 5.82 Å². The molecule has 5 heteroatoms. The predicted molar refractivity (Wildman–Crippen MR) is 53.1 cm³/mol. The van der Waals surface area contributed by atoms with Gasteiger partial charge in [0.1, 0.15) is 12.1 Å². The van der Waals surface area contributed by atoms with Crippen molar-refractivity contribution in [3.8, 4) is 0 Å². The zero-order valence-corrected chi connectivity index (χ0v) is 7.93. The number of aromatic nitrogens is 2. The lowest BCUT2D eigenvalue weighted by molar-refractivity contribution is 0.246. The van der Waals surface area contributed by atoms with Gasteiger partial charge in [-0.25, -0.2) is 9.97 Å². The maximum Gasteiger partial charge on any atom is 0.132 e. The van der Waals surface area contributed by atoms with Gasteiger partial charge in [0, 0.05) is 25.8 Å². The smallest absolute Gasteiger partial charge is 0.132 e. The van der Waals surface area contributed by atoms with Crippen LogP contribution >= 0.6 is 0 Å². The summed E-state index contributed by atoms with van der Waals surface area (Å²) in [4.78, 5) is 10.2. The van der Waals surface area contributed by atoms with Crippen LogP contribution in [0.25, 0.3) is 0 Å². The molecular weight excluding hydrogens is 180 g/mol. The molecule has 0 aliphatic carbocycles. The van der Waals surface area contributed by atoms with E-state index in [0.29, 0.717) is 0 Å². The van der Waals surface area contributed by atoms with Crippen molar-refractivity contribution in [1.29, 1.82) is 0 Å². The summed E-state index contributed by atoms with van der Waals surface area (Å²) in [5.74, 6) is 0.889. The Morgan fingerprint density at radius 2 is 2.57 bits per heavy atom. The van der Waals surface area contributed by atoms with Crippen LogP contribution in [0, 0.1) is 0 Å². The Morgan fingerprint density at radius 3 is 3.29 bits per heavy atom. The van der Waals surface area contributed by atoms with Crippen molar-refractivity contribution in [2.24, 2.45) is 0 Å². The van der Waals surface area contributed by atoms with E-state index in [1.165, 1.54) is 6.33 Å². The molecule has 2 rings (SSSR count). The van der Waals surface area contributed by atoms with Gasteiger partial charge < -0.3 is 15.3 Å². The molecule has 1 saturated heterocycles. The standard InChI is InChI=1S/C9H14N4O/c14-6-8-5-10-3-4-13(8)9-1-2-11-7-12-9/h1-2,7-8,10,14H,3-6H2/t8-/m1/s1. The molecule has 14 heavy (non-hydrogen) atoms. The summed E-state index contributed by atoms with van der Waals surface area (Å²) in [6, 6.07) is 1.99. The molecule has 0 amide bonds. The van der Waals surface area contributed by atoms with Crippen molar-refractivity contribution in [2.45, 2.75) is 6.04 Å². The number of piperazine rings is 1. The van der Waals surface area contributed by atoms with Crippen LogP contribution in [-0.4, -0.2) is 47.4 Å². The van der Waals surface area contributed by atoms with Gasteiger partial charge in [-0.1, -0.05) is 0 Å². The molecule has 76 valence electrons. The maximum absolute atomic E-state index is 9.20. The summed E-state index contributed by atoms with van der Waals surface area (Å²) < 4.78 is 0. The van der Waals surface area contributed by atoms with Crippen LogP contribution in [0.4, 0.5) is 5.82 Å². The number of nitrogens with zero attached hydrogens (tertiary/aromatic N) is 3. The molecule has 1 fully saturated rings. The Kier molecular flexibility index (Phi) is 2.90. The van der Waals surface area contributed by atoms with Gasteiger partial charge in [0.15, 0.2) is 0 Å². The number of anilines is 1. The van der Waals surface area contributed by atoms with Gasteiger partial charge in [0.05, 0.1) is 12.6 Å². The molecule has 1 aromatic rings.